The fourth-order valence-electron chi connectivity index (χ4n) is 1.69. The van der Waals surface area contributed by atoms with E-state index < -0.39 is 5.97 Å². The smallest absolute Gasteiger partial charge is 0.339 e. The number of hydrogen-bond acceptors (Lipinski definition) is 4. The average Bonchev–Trinajstić information content (AvgIpc) is 2.81. The first-order valence-electron chi connectivity index (χ1n) is 5.69. The maximum Gasteiger partial charge on any atom is 0.339 e. The van der Waals surface area contributed by atoms with E-state index in [0.717, 1.165) is 0 Å². The fourth-order valence-corrected chi connectivity index (χ4v) is 2.39. The molecule has 1 N–H and O–H groups in total. The van der Waals surface area contributed by atoms with Crippen LogP contribution in [0.25, 0.3) is 0 Å². The topological polar surface area (TPSA) is 63.1 Å². The summed E-state index contributed by atoms with van der Waals surface area (Å²) in [5, 5.41) is 11.1. The third-order valence-electron chi connectivity index (χ3n) is 2.56. The molecule has 0 fully saturated rings. The Hall–Kier alpha value is -1.75. The molecule has 0 radical (unpaired) electrons. The van der Waals surface area contributed by atoms with E-state index in [1.165, 1.54) is 11.1 Å². The van der Waals surface area contributed by atoms with Gasteiger partial charge in [-0.1, -0.05) is 19.9 Å². The summed E-state index contributed by atoms with van der Waals surface area (Å²) in [5.74, 6) is -0.228. The molecule has 0 aliphatic heterocycles. The summed E-state index contributed by atoms with van der Waals surface area (Å²) in [4.78, 5) is 20.8. The highest BCUT2D eigenvalue weighted by Gasteiger charge is 2.16. The van der Waals surface area contributed by atoms with Gasteiger partial charge in [0.2, 0.25) is 0 Å². The van der Waals surface area contributed by atoms with E-state index in [0.29, 0.717) is 17.9 Å². The Morgan fingerprint density at radius 3 is 2.83 bits per heavy atom. The van der Waals surface area contributed by atoms with Gasteiger partial charge in [0, 0.05) is 17.5 Å². The van der Waals surface area contributed by atoms with Crippen LogP contribution in [0.3, 0.4) is 0 Å². The van der Waals surface area contributed by atoms with Gasteiger partial charge in [-0.2, -0.15) is 0 Å². The Bertz CT molecular complexity index is 550. The van der Waals surface area contributed by atoms with Gasteiger partial charge in [0.25, 0.3) is 0 Å². The molecule has 2 aromatic rings. The number of nitrogens with zero attached hydrogens (tertiary/aromatic N) is 2. The largest absolute Gasteiger partial charge is 0.478 e. The van der Waals surface area contributed by atoms with Crippen LogP contribution in [0.2, 0.25) is 0 Å². The van der Waals surface area contributed by atoms with Gasteiger partial charge in [-0.3, -0.25) is 0 Å². The standard InChI is InChI=1S/C13H14N2O2S/c1-8(2)12-10(13(16)17)7-14-11(15-12)6-9-4-3-5-18-9/h3-5,7-8H,6H2,1-2H3,(H,16,17). The van der Waals surface area contributed by atoms with E-state index >= 15 is 0 Å². The number of hydrogen-bond donors (Lipinski definition) is 1. The van der Waals surface area contributed by atoms with Crippen molar-refractivity contribution in [1.29, 1.82) is 0 Å². The zero-order chi connectivity index (χ0) is 13.1. The van der Waals surface area contributed by atoms with E-state index in [1.807, 2.05) is 31.4 Å². The number of aromatic carboxylic acids is 1. The van der Waals surface area contributed by atoms with Crippen molar-refractivity contribution in [1.82, 2.24) is 9.97 Å². The third kappa shape index (κ3) is 2.73. The van der Waals surface area contributed by atoms with Gasteiger partial charge in [-0.05, 0) is 17.4 Å². The van der Waals surface area contributed by atoms with Crippen LogP contribution in [0, 0.1) is 0 Å². The first kappa shape index (κ1) is 12.7. The molecule has 0 saturated heterocycles. The number of thiophene rings is 1. The van der Waals surface area contributed by atoms with E-state index in [1.54, 1.807) is 11.3 Å². The van der Waals surface area contributed by atoms with Gasteiger partial charge in [0.1, 0.15) is 5.82 Å². The summed E-state index contributed by atoms with van der Waals surface area (Å²) >= 11 is 1.65. The summed E-state index contributed by atoms with van der Waals surface area (Å²) < 4.78 is 0. The maximum atomic E-state index is 11.1. The second-order valence-electron chi connectivity index (χ2n) is 4.30. The monoisotopic (exact) mass is 262 g/mol. The Kier molecular flexibility index (Phi) is 3.72. The van der Waals surface area contributed by atoms with Gasteiger partial charge < -0.3 is 5.11 Å². The fraction of sp³-hybridized carbons (Fsp3) is 0.308. The van der Waals surface area contributed by atoms with Crippen LogP contribution in [0.1, 0.15) is 46.5 Å². The van der Waals surface area contributed by atoms with Crippen molar-refractivity contribution in [2.45, 2.75) is 26.2 Å². The molecule has 0 atom stereocenters. The molecule has 5 heteroatoms. The van der Waals surface area contributed by atoms with Crippen LogP contribution < -0.4 is 0 Å². The SMILES string of the molecule is CC(C)c1nc(Cc2cccs2)ncc1C(=O)O. The maximum absolute atomic E-state index is 11.1. The molecule has 0 aliphatic rings. The number of rotatable bonds is 4. The van der Waals surface area contributed by atoms with Crippen molar-refractivity contribution < 1.29 is 9.90 Å². The summed E-state index contributed by atoms with van der Waals surface area (Å²) in [6.07, 6.45) is 2.06. The van der Waals surface area contributed by atoms with Gasteiger partial charge in [-0.15, -0.1) is 11.3 Å². The number of aromatic nitrogens is 2. The van der Waals surface area contributed by atoms with Crippen molar-refractivity contribution >= 4 is 17.3 Å². The van der Waals surface area contributed by atoms with E-state index in [-0.39, 0.29) is 11.5 Å². The summed E-state index contributed by atoms with van der Waals surface area (Å²) in [6, 6.07) is 4.00. The minimum atomic E-state index is -0.971. The Morgan fingerprint density at radius 2 is 2.28 bits per heavy atom. The second-order valence-corrected chi connectivity index (χ2v) is 5.33. The molecule has 0 saturated carbocycles. The number of carboxylic acids is 1. The lowest BCUT2D eigenvalue weighted by molar-refractivity contribution is 0.0694. The molecule has 2 aromatic heterocycles. The van der Waals surface area contributed by atoms with Crippen LogP contribution >= 0.6 is 11.3 Å². The summed E-state index contributed by atoms with van der Waals surface area (Å²) in [7, 11) is 0. The van der Waals surface area contributed by atoms with Crippen molar-refractivity contribution in [2.75, 3.05) is 0 Å². The van der Waals surface area contributed by atoms with Gasteiger partial charge in [0.15, 0.2) is 0 Å². The van der Waals surface area contributed by atoms with Crippen LogP contribution in [0.5, 0.6) is 0 Å². The van der Waals surface area contributed by atoms with Gasteiger partial charge >= 0.3 is 5.97 Å². The molecular weight excluding hydrogens is 248 g/mol. The molecule has 0 amide bonds. The molecule has 0 bridgehead atoms. The van der Waals surface area contributed by atoms with Crippen LogP contribution in [-0.2, 0) is 6.42 Å². The molecular formula is C13H14N2O2S. The molecule has 4 nitrogen and oxygen atoms in total. The van der Waals surface area contributed by atoms with Crippen LogP contribution in [0.4, 0.5) is 0 Å². The first-order valence-corrected chi connectivity index (χ1v) is 6.57. The van der Waals surface area contributed by atoms with E-state index in [2.05, 4.69) is 9.97 Å². The van der Waals surface area contributed by atoms with Crippen molar-refractivity contribution in [2.24, 2.45) is 0 Å². The molecule has 18 heavy (non-hydrogen) atoms. The van der Waals surface area contributed by atoms with Crippen molar-refractivity contribution in [3.05, 3.63) is 45.7 Å². The molecule has 0 unspecified atom stereocenters. The highest BCUT2D eigenvalue weighted by Crippen LogP contribution is 2.18. The highest BCUT2D eigenvalue weighted by atomic mass is 32.1. The second kappa shape index (κ2) is 5.27. The van der Waals surface area contributed by atoms with Gasteiger partial charge in [0.05, 0.1) is 11.3 Å². The minimum Gasteiger partial charge on any atom is -0.478 e. The van der Waals surface area contributed by atoms with Crippen molar-refractivity contribution in [3.8, 4) is 0 Å². The lowest BCUT2D eigenvalue weighted by Gasteiger charge is -2.09. The lowest BCUT2D eigenvalue weighted by atomic mass is 10.1. The predicted octanol–water partition coefficient (Wildman–Crippen LogP) is 2.95. The molecule has 94 valence electrons. The van der Waals surface area contributed by atoms with E-state index in [4.69, 9.17) is 5.11 Å². The summed E-state index contributed by atoms with van der Waals surface area (Å²) in [6.45, 7) is 3.87. The molecule has 0 aliphatic carbocycles. The molecule has 0 spiro atoms. The third-order valence-corrected chi connectivity index (χ3v) is 3.43. The minimum absolute atomic E-state index is 0.0705. The zero-order valence-electron chi connectivity index (χ0n) is 10.3. The van der Waals surface area contributed by atoms with Crippen LogP contribution in [0.15, 0.2) is 23.7 Å². The highest BCUT2D eigenvalue weighted by molar-refractivity contribution is 7.09. The normalized spacial score (nSPS) is 10.8. The van der Waals surface area contributed by atoms with Crippen molar-refractivity contribution in [3.63, 3.8) is 0 Å². The predicted molar refractivity (Wildman–Crippen MR) is 70.2 cm³/mol. The average molecular weight is 262 g/mol. The number of carbonyl (C=O) groups is 1. The van der Waals surface area contributed by atoms with Gasteiger partial charge in [-0.25, -0.2) is 14.8 Å². The zero-order valence-corrected chi connectivity index (χ0v) is 11.1. The first-order chi connectivity index (χ1) is 8.58. The Morgan fingerprint density at radius 1 is 1.50 bits per heavy atom. The lowest BCUT2D eigenvalue weighted by Crippen LogP contribution is -2.10. The quantitative estimate of drug-likeness (QED) is 0.920. The molecule has 2 rings (SSSR count). The molecule has 2 heterocycles. The van der Waals surface area contributed by atoms with Crippen LogP contribution in [-0.4, -0.2) is 21.0 Å². The summed E-state index contributed by atoms with van der Waals surface area (Å²) in [5.41, 5.74) is 0.795. The van der Waals surface area contributed by atoms with E-state index in [9.17, 15) is 4.79 Å². The molecule has 0 aromatic carbocycles. The Balaban J connectivity index is 2.34. The Labute approximate surface area is 109 Å². The number of carboxylic acid groups (broad SMARTS) is 1.